The monoisotopic (exact) mass is 906 g/mol. The van der Waals surface area contributed by atoms with Crippen LogP contribution in [0.25, 0.3) is 21.5 Å². The van der Waals surface area contributed by atoms with Gasteiger partial charge < -0.3 is 0 Å². The van der Waals surface area contributed by atoms with Gasteiger partial charge in [0.25, 0.3) is 23.6 Å². The Morgan fingerprint density at radius 2 is 0.965 bits per heavy atom. The first-order chi connectivity index (χ1) is 25.5. The van der Waals surface area contributed by atoms with Gasteiger partial charge in [-0.05, 0) is 71.5 Å². The number of carbonyl (C=O) groups excluding carboxylic acids is 4. The van der Waals surface area contributed by atoms with Crippen LogP contribution in [0.3, 0.4) is 0 Å². The molecule has 314 valence electrons. The third-order valence-electron chi connectivity index (χ3n) is 7.59. The zero-order chi connectivity index (χ0) is 41.3. The highest BCUT2D eigenvalue weighted by Gasteiger charge is 2.57. The van der Waals surface area contributed by atoms with Gasteiger partial charge in [0.05, 0.1) is 11.1 Å². The summed E-state index contributed by atoms with van der Waals surface area (Å²) in [6.45, 7) is 4.24. The average molecular weight is 907 g/mol. The van der Waals surface area contributed by atoms with Crippen LogP contribution in [0.4, 0.5) is 26.3 Å². The fourth-order valence-electron chi connectivity index (χ4n) is 5.12. The van der Waals surface area contributed by atoms with E-state index in [-0.39, 0.29) is 39.2 Å². The van der Waals surface area contributed by atoms with Gasteiger partial charge in [-0.3, -0.25) is 29.3 Å². The first kappa shape index (κ1) is 49.3. The summed E-state index contributed by atoms with van der Waals surface area (Å²) in [6.07, 6.45) is 2.14. The molecule has 2 aliphatic rings. The van der Waals surface area contributed by atoms with Crippen molar-refractivity contribution >= 4 is 102 Å². The minimum atomic E-state index is -6.85. The van der Waals surface area contributed by atoms with Crippen molar-refractivity contribution in [3.05, 3.63) is 82.9 Å². The van der Waals surface area contributed by atoms with E-state index < -0.39 is 43.1 Å². The molecule has 23 heteroatoms. The molecule has 4 aromatic carbocycles. The molecule has 0 radical (unpaired) electrons. The molecule has 0 fully saturated rings. The van der Waals surface area contributed by atoms with Crippen molar-refractivity contribution in [1.82, 2.24) is 9.96 Å². The van der Waals surface area contributed by atoms with Gasteiger partial charge in [-0.1, -0.05) is 45.5 Å². The first-order valence-corrected chi connectivity index (χ1v) is 20.4. The Balaban J connectivity index is 0.000000430. The highest BCUT2D eigenvalue weighted by atomic mass is 32.3. The van der Waals surface area contributed by atoms with Crippen LogP contribution in [-0.4, -0.2) is 85.2 Å². The minimum absolute atomic E-state index is 0. The number of thioether (sulfide) groups is 2. The van der Waals surface area contributed by atoms with Crippen LogP contribution in [0.15, 0.2) is 70.5 Å². The Labute approximate surface area is 340 Å². The van der Waals surface area contributed by atoms with Gasteiger partial charge in [0.15, 0.2) is 0 Å². The van der Waals surface area contributed by atoms with Crippen LogP contribution >= 0.6 is 37.0 Å². The van der Waals surface area contributed by atoms with Crippen molar-refractivity contribution in [3.8, 4) is 0 Å². The van der Waals surface area contributed by atoms with Crippen LogP contribution < -0.4 is 0 Å². The van der Waals surface area contributed by atoms with E-state index in [9.17, 15) is 67.6 Å². The van der Waals surface area contributed by atoms with E-state index >= 15 is 0 Å². The summed E-state index contributed by atoms with van der Waals surface area (Å²) in [7, 11) is -12.2. The number of rotatable bonds is 8. The summed E-state index contributed by atoms with van der Waals surface area (Å²) in [5.41, 5.74) is -10.5. The third-order valence-corrected chi connectivity index (χ3v) is 12.7. The maximum Gasteiger partial charge on any atom is 0.524 e. The van der Waals surface area contributed by atoms with Crippen molar-refractivity contribution < 1.29 is 72.6 Å². The second-order valence-corrected chi connectivity index (χ2v) is 16.9. The molecule has 6 rings (SSSR count). The van der Waals surface area contributed by atoms with Crippen molar-refractivity contribution in [3.63, 3.8) is 0 Å². The molecule has 57 heavy (non-hydrogen) atoms. The van der Waals surface area contributed by atoms with Gasteiger partial charge in [0.1, 0.15) is 0 Å². The number of halogens is 6. The van der Waals surface area contributed by atoms with E-state index in [0.29, 0.717) is 27.6 Å². The average Bonchev–Trinajstić information content (AvgIpc) is 3.11. The number of benzene rings is 4. The lowest BCUT2D eigenvalue weighted by molar-refractivity contribution is -0.0586. The predicted molar refractivity (Wildman–Crippen MR) is 209 cm³/mol. The Kier molecular flexibility index (Phi) is 16.3. The van der Waals surface area contributed by atoms with Crippen LogP contribution in [0.1, 0.15) is 77.0 Å². The van der Waals surface area contributed by atoms with E-state index in [1.807, 2.05) is 40.0 Å². The van der Waals surface area contributed by atoms with Crippen LogP contribution in [0.5, 0.6) is 0 Å². The van der Waals surface area contributed by atoms with Crippen LogP contribution in [0, 0.1) is 0 Å². The molecule has 0 spiro atoms. The van der Waals surface area contributed by atoms with Crippen LogP contribution in [-0.2, 0) is 23.9 Å². The summed E-state index contributed by atoms with van der Waals surface area (Å²) in [5.74, 6) is 0.251. The highest BCUT2D eigenvalue weighted by Crippen LogP contribution is 2.37. The Hall–Kier alpha value is -3.87. The van der Waals surface area contributed by atoms with Gasteiger partial charge >= 0.3 is 31.3 Å². The molecule has 4 amide bonds. The van der Waals surface area contributed by atoms with Gasteiger partial charge in [-0.2, -0.15) is 56.7 Å². The third kappa shape index (κ3) is 10.1. The molecule has 0 aromatic heterocycles. The van der Waals surface area contributed by atoms with Crippen molar-refractivity contribution in [2.45, 2.75) is 54.9 Å². The SMILES string of the molecule is C.CCCSc1ccc2c3c(cccc13)C(=O)N(C)C2=O.CCCSc1ccc2c3c(cccc13)C(=O)N(O)C2=O.O=S(=O)(OS(=O)(=O)C(F)(F)F)C(F)(F)F.S.[HH]. The number of hydroxylamine groups is 2. The van der Waals surface area contributed by atoms with E-state index in [2.05, 4.69) is 13.8 Å². The van der Waals surface area contributed by atoms with E-state index in [4.69, 9.17) is 0 Å². The first-order valence-electron chi connectivity index (χ1n) is 15.6. The lowest BCUT2D eigenvalue weighted by atomic mass is 9.94. The summed E-state index contributed by atoms with van der Waals surface area (Å²) in [6, 6.07) is 18.4. The molecule has 0 atom stereocenters. The fraction of sp³-hybridized carbons (Fsp3) is 0.294. The molecule has 0 saturated carbocycles. The molecule has 0 saturated heterocycles. The van der Waals surface area contributed by atoms with Crippen molar-refractivity contribution in [2.24, 2.45) is 0 Å². The summed E-state index contributed by atoms with van der Waals surface area (Å²) >= 11 is 3.48. The molecule has 1 N–H and O–H groups in total. The number of amides is 4. The minimum Gasteiger partial charge on any atom is -0.278 e. The van der Waals surface area contributed by atoms with Gasteiger partial charge in [0.2, 0.25) is 0 Å². The smallest absolute Gasteiger partial charge is 0.278 e. The van der Waals surface area contributed by atoms with Crippen molar-refractivity contribution in [1.29, 1.82) is 0 Å². The Morgan fingerprint density at radius 1 is 0.632 bits per heavy atom. The largest absolute Gasteiger partial charge is 0.524 e. The Bertz CT molecular complexity index is 2220. The molecule has 0 unspecified atom stereocenters. The lowest BCUT2D eigenvalue weighted by Gasteiger charge is -2.24. The van der Waals surface area contributed by atoms with Gasteiger partial charge in [-0.25, -0.2) is 0 Å². The molecule has 2 aliphatic heterocycles. The van der Waals surface area contributed by atoms with Gasteiger partial charge in [-0.15, -0.1) is 32.2 Å². The van der Waals surface area contributed by atoms with E-state index in [1.54, 1.807) is 47.8 Å². The molecule has 4 aromatic rings. The number of nitrogens with zero attached hydrogens (tertiary/aromatic N) is 2. The molecule has 0 aliphatic carbocycles. The number of alkyl halides is 6. The Morgan fingerprint density at radius 3 is 1.32 bits per heavy atom. The van der Waals surface area contributed by atoms with Crippen LogP contribution in [0.2, 0.25) is 0 Å². The van der Waals surface area contributed by atoms with Gasteiger partial charge in [0, 0.05) is 40.2 Å². The highest BCUT2D eigenvalue weighted by molar-refractivity contribution is 8.00. The maximum absolute atomic E-state index is 12.2. The standard InChI is InChI=1S/C16H15NO2S.C15H13NO3S.C2F6O5S2.CH4.H2S.H2/c1-3-9-20-13-8-7-12-14-10(13)5-4-6-11(14)15(18)17(2)16(12)19;1-2-8-20-12-7-6-11-13-9(12)4-3-5-10(13)14(17)16(19)15(11)18;3-1(4,5)14(9,10)13-15(11,12)2(6,7)8;;;/h4-8H,3,9H2,1-2H3;3-7,19H,2,8H2,1H3;;1H4;1H2;1H. The van der Waals surface area contributed by atoms with E-state index in [1.165, 1.54) is 11.9 Å². The molecule has 0 bridgehead atoms. The molecular weight excluding hydrogens is 871 g/mol. The zero-order valence-electron chi connectivity index (χ0n) is 29.0. The molecule has 2 heterocycles. The number of hydrogen-bond acceptors (Lipinski definition) is 12. The molecule has 12 nitrogen and oxygen atoms in total. The summed E-state index contributed by atoms with van der Waals surface area (Å²) in [4.78, 5) is 51.8. The normalized spacial score (nSPS) is 14.0. The lowest BCUT2D eigenvalue weighted by Crippen LogP contribution is -2.37. The number of imide groups is 2. The zero-order valence-corrected chi connectivity index (χ0v) is 33.3. The summed E-state index contributed by atoms with van der Waals surface area (Å²) < 4.78 is 110. The second kappa shape index (κ2) is 18.8. The van der Waals surface area contributed by atoms with Crippen molar-refractivity contribution in [2.75, 3.05) is 18.6 Å². The number of hydrogen-bond donors (Lipinski definition) is 1. The van der Waals surface area contributed by atoms with E-state index in [0.717, 1.165) is 50.3 Å². The quantitative estimate of drug-likeness (QED) is 0.0588. The fourth-order valence-corrected chi connectivity index (χ4v) is 8.51. The topological polar surface area (TPSA) is 172 Å². The maximum atomic E-state index is 12.2. The second-order valence-electron chi connectivity index (χ2n) is 11.3. The summed E-state index contributed by atoms with van der Waals surface area (Å²) in [5, 5.41) is 13.1. The molecular formula is C34H36F6N2O10S5. The predicted octanol–water partition coefficient (Wildman–Crippen LogP) is 8.59. The number of carbonyl (C=O) groups is 4.